The van der Waals surface area contributed by atoms with E-state index in [9.17, 15) is 17.6 Å². The molecule has 0 radical (unpaired) electrons. The van der Waals surface area contributed by atoms with Crippen LogP contribution in [0.25, 0.3) is 0 Å². The minimum Gasteiger partial charge on any atom is -0.468 e. The fourth-order valence-corrected chi connectivity index (χ4v) is 4.63. The van der Waals surface area contributed by atoms with Gasteiger partial charge in [0.2, 0.25) is 0 Å². The minimum atomic E-state index is -3.31. The van der Waals surface area contributed by atoms with Crippen LogP contribution in [0.5, 0.6) is 0 Å². The molecular formula is C17H18FNO4S. The number of carbonyl (C=O) groups is 1. The molecule has 2 aromatic rings. The van der Waals surface area contributed by atoms with E-state index < -0.39 is 20.9 Å². The molecule has 0 unspecified atom stereocenters. The van der Waals surface area contributed by atoms with Crippen LogP contribution in [0.1, 0.15) is 29.0 Å². The second-order valence-electron chi connectivity index (χ2n) is 5.89. The van der Waals surface area contributed by atoms with Gasteiger partial charge in [0.1, 0.15) is 17.3 Å². The first-order chi connectivity index (χ1) is 11.5. The van der Waals surface area contributed by atoms with Crippen molar-refractivity contribution in [1.29, 1.82) is 0 Å². The number of hydrogen-bond acceptors (Lipinski definition) is 4. The number of nitrogens with zero attached hydrogens (tertiary/aromatic N) is 1. The van der Waals surface area contributed by atoms with E-state index in [4.69, 9.17) is 4.42 Å². The Bertz CT molecular complexity index is 792. The van der Waals surface area contributed by atoms with Gasteiger partial charge < -0.3 is 9.32 Å². The van der Waals surface area contributed by atoms with Gasteiger partial charge in [0.15, 0.2) is 9.84 Å². The predicted molar refractivity (Wildman–Crippen MR) is 86.7 cm³/mol. The number of benzene rings is 1. The summed E-state index contributed by atoms with van der Waals surface area (Å²) in [5, 5.41) is -0.472. The molecule has 5 nitrogen and oxygen atoms in total. The maximum Gasteiger partial charge on any atom is 0.253 e. The van der Waals surface area contributed by atoms with Crippen molar-refractivity contribution in [1.82, 2.24) is 4.90 Å². The molecule has 1 amide bonds. The third-order valence-corrected chi connectivity index (χ3v) is 6.43. The van der Waals surface area contributed by atoms with Crippen molar-refractivity contribution in [2.45, 2.75) is 23.8 Å². The van der Waals surface area contributed by atoms with Gasteiger partial charge in [0.25, 0.3) is 5.91 Å². The molecule has 0 spiro atoms. The van der Waals surface area contributed by atoms with Crippen LogP contribution in [0.3, 0.4) is 0 Å². The van der Waals surface area contributed by atoms with E-state index in [0.717, 1.165) is 0 Å². The number of hydrogen-bond donors (Lipinski definition) is 0. The zero-order valence-corrected chi connectivity index (χ0v) is 13.8. The van der Waals surface area contributed by atoms with Gasteiger partial charge >= 0.3 is 0 Å². The first-order valence-electron chi connectivity index (χ1n) is 7.74. The Balaban J connectivity index is 1.61. The molecule has 24 heavy (non-hydrogen) atoms. The molecule has 1 aliphatic heterocycles. The lowest BCUT2D eigenvalue weighted by Crippen LogP contribution is -2.42. The highest BCUT2D eigenvalue weighted by atomic mass is 32.2. The van der Waals surface area contributed by atoms with E-state index in [1.54, 1.807) is 17.0 Å². The van der Waals surface area contributed by atoms with E-state index in [1.807, 2.05) is 0 Å². The monoisotopic (exact) mass is 351 g/mol. The Kier molecular flexibility index (Phi) is 4.71. The smallest absolute Gasteiger partial charge is 0.253 e. The van der Waals surface area contributed by atoms with Crippen molar-refractivity contribution in [2.24, 2.45) is 0 Å². The van der Waals surface area contributed by atoms with Crippen LogP contribution >= 0.6 is 0 Å². The zero-order chi connectivity index (χ0) is 17.2. The number of likely N-dealkylation sites (tertiary alicyclic amines) is 1. The summed E-state index contributed by atoms with van der Waals surface area (Å²) >= 11 is 0. The lowest BCUT2D eigenvalue weighted by molar-refractivity contribution is 0.0725. The minimum absolute atomic E-state index is 0.115. The molecule has 2 heterocycles. The van der Waals surface area contributed by atoms with E-state index in [0.29, 0.717) is 37.3 Å². The highest BCUT2D eigenvalue weighted by molar-refractivity contribution is 7.91. The molecule has 1 aromatic heterocycles. The van der Waals surface area contributed by atoms with Gasteiger partial charge in [0, 0.05) is 18.7 Å². The third-order valence-electron chi connectivity index (χ3n) is 4.25. The average Bonchev–Trinajstić information content (AvgIpc) is 3.07. The fraction of sp³-hybridized carbons (Fsp3) is 0.353. The summed E-state index contributed by atoms with van der Waals surface area (Å²) in [7, 11) is -3.31. The SMILES string of the molecule is O=C(c1ccc(F)cc1)N1CCC(S(=O)(=O)Cc2ccco2)CC1. The number of carbonyl (C=O) groups excluding carboxylic acids is 1. The van der Waals surface area contributed by atoms with Crippen molar-refractivity contribution >= 4 is 15.7 Å². The van der Waals surface area contributed by atoms with Crippen LogP contribution in [0.15, 0.2) is 47.1 Å². The number of rotatable bonds is 4. The van der Waals surface area contributed by atoms with Gasteiger partial charge in [-0.1, -0.05) is 0 Å². The molecular weight excluding hydrogens is 333 g/mol. The number of amides is 1. The lowest BCUT2D eigenvalue weighted by Gasteiger charge is -2.31. The quantitative estimate of drug-likeness (QED) is 0.849. The van der Waals surface area contributed by atoms with Crippen LogP contribution in [0.4, 0.5) is 4.39 Å². The lowest BCUT2D eigenvalue weighted by atomic mass is 10.1. The third kappa shape index (κ3) is 3.67. The largest absolute Gasteiger partial charge is 0.468 e. The summed E-state index contributed by atoms with van der Waals surface area (Å²) < 4.78 is 42.9. The Morgan fingerprint density at radius 1 is 1.17 bits per heavy atom. The van der Waals surface area contributed by atoms with Crippen molar-refractivity contribution in [2.75, 3.05) is 13.1 Å². The molecule has 3 rings (SSSR count). The van der Waals surface area contributed by atoms with Crippen LogP contribution in [-0.4, -0.2) is 37.6 Å². The van der Waals surface area contributed by atoms with Crippen molar-refractivity contribution in [3.05, 3.63) is 59.8 Å². The van der Waals surface area contributed by atoms with Crippen molar-refractivity contribution in [3.63, 3.8) is 0 Å². The second-order valence-corrected chi connectivity index (χ2v) is 8.17. The Labute approximate surface area is 140 Å². The van der Waals surface area contributed by atoms with Gasteiger partial charge in [-0.05, 0) is 49.2 Å². The normalized spacial score (nSPS) is 16.3. The first-order valence-corrected chi connectivity index (χ1v) is 9.46. The molecule has 1 aromatic carbocycles. The Morgan fingerprint density at radius 2 is 1.83 bits per heavy atom. The topological polar surface area (TPSA) is 67.6 Å². The molecule has 1 aliphatic rings. The zero-order valence-electron chi connectivity index (χ0n) is 13.0. The summed E-state index contributed by atoms with van der Waals surface area (Å²) in [5.74, 6) is -0.276. The van der Waals surface area contributed by atoms with E-state index in [-0.39, 0.29) is 11.7 Å². The number of sulfone groups is 1. The molecule has 1 fully saturated rings. The fourth-order valence-electron chi connectivity index (χ4n) is 2.90. The molecule has 7 heteroatoms. The first kappa shape index (κ1) is 16.7. The molecule has 1 saturated heterocycles. The van der Waals surface area contributed by atoms with Crippen LogP contribution in [0.2, 0.25) is 0 Å². The molecule has 128 valence electrons. The maximum atomic E-state index is 12.9. The summed E-state index contributed by atoms with van der Waals surface area (Å²) in [5.41, 5.74) is 0.410. The highest BCUT2D eigenvalue weighted by Crippen LogP contribution is 2.23. The van der Waals surface area contributed by atoms with Gasteiger partial charge in [0.05, 0.1) is 11.5 Å². The maximum absolute atomic E-state index is 12.9. The van der Waals surface area contributed by atoms with Gasteiger partial charge in [-0.2, -0.15) is 0 Å². The average molecular weight is 351 g/mol. The summed E-state index contributed by atoms with van der Waals surface area (Å²) in [6.45, 7) is 0.747. The number of halogens is 1. The van der Waals surface area contributed by atoms with Gasteiger partial charge in [-0.3, -0.25) is 4.79 Å². The van der Waals surface area contributed by atoms with Gasteiger partial charge in [-0.25, -0.2) is 12.8 Å². The van der Waals surface area contributed by atoms with E-state index in [1.165, 1.54) is 30.5 Å². The van der Waals surface area contributed by atoms with Crippen LogP contribution in [-0.2, 0) is 15.6 Å². The molecule has 0 saturated carbocycles. The van der Waals surface area contributed by atoms with Crippen molar-refractivity contribution in [3.8, 4) is 0 Å². The molecule has 0 N–H and O–H groups in total. The predicted octanol–water partition coefficient (Wildman–Crippen LogP) is 2.64. The summed E-state index contributed by atoms with van der Waals surface area (Å²) in [4.78, 5) is 14.0. The van der Waals surface area contributed by atoms with Crippen LogP contribution < -0.4 is 0 Å². The highest BCUT2D eigenvalue weighted by Gasteiger charge is 2.32. The van der Waals surface area contributed by atoms with Crippen LogP contribution in [0, 0.1) is 5.82 Å². The summed E-state index contributed by atoms with van der Waals surface area (Å²) in [6, 6.07) is 8.68. The van der Waals surface area contributed by atoms with E-state index >= 15 is 0 Å². The second kappa shape index (κ2) is 6.76. The van der Waals surface area contributed by atoms with E-state index in [2.05, 4.69) is 0 Å². The van der Waals surface area contributed by atoms with Crippen molar-refractivity contribution < 1.29 is 22.0 Å². The number of furan rings is 1. The molecule has 0 aliphatic carbocycles. The van der Waals surface area contributed by atoms with Gasteiger partial charge in [-0.15, -0.1) is 0 Å². The molecule has 0 bridgehead atoms. The number of piperidine rings is 1. The summed E-state index contributed by atoms with van der Waals surface area (Å²) in [6.07, 6.45) is 2.25. The molecule has 0 atom stereocenters. The Hall–Kier alpha value is -2.15. The standard InChI is InChI=1S/C17H18FNO4S/c18-14-5-3-13(4-6-14)17(20)19-9-7-16(8-10-19)24(21,22)12-15-2-1-11-23-15/h1-6,11,16H,7-10,12H2. The Morgan fingerprint density at radius 3 is 2.42 bits per heavy atom.